The zero-order chi connectivity index (χ0) is 18.2. The van der Waals surface area contributed by atoms with Gasteiger partial charge in [-0.25, -0.2) is 9.59 Å². The first-order valence-corrected chi connectivity index (χ1v) is 9.21. The Morgan fingerprint density at radius 1 is 1.04 bits per heavy atom. The summed E-state index contributed by atoms with van der Waals surface area (Å²) in [4.78, 5) is 23.2. The van der Waals surface area contributed by atoms with Crippen molar-refractivity contribution in [1.82, 2.24) is 0 Å². The van der Waals surface area contributed by atoms with E-state index in [1.807, 2.05) is 13.8 Å². The molecule has 1 aromatic carbocycles. The van der Waals surface area contributed by atoms with Crippen LogP contribution in [0.15, 0.2) is 23.1 Å². The van der Waals surface area contributed by atoms with E-state index in [2.05, 4.69) is 0 Å². The van der Waals surface area contributed by atoms with Crippen LogP contribution in [0.5, 0.6) is 0 Å². The Bertz CT molecular complexity index is 692. The molecule has 0 aliphatic carbocycles. The average molecular weight is 382 g/mol. The van der Waals surface area contributed by atoms with Gasteiger partial charge in [0.05, 0.1) is 24.3 Å². The zero-order valence-electron chi connectivity index (χ0n) is 15.8. The number of rotatable bonds is 9. The van der Waals surface area contributed by atoms with E-state index >= 15 is 0 Å². The Morgan fingerprint density at radius 3 is 2.04 bits per heavy atom. The maximum atomic E-state index is 12.0. The van der Waals surface area contributed by atoms with Crippen LogP contribution in [0.1, 0.15) is 61.7 Å². The number of hydrogen-bond donors (Lipinski definition) is 1. The van der Waals surface area contributed by atoms with Crippen molar-refractivity contribution in [2.75, 3.05) is 13.2 Å². The van der Waals surface area contributed by atoms with E-state index in [1.165, 1.54) is 6.07 Å². The van der Waals surface area contributed by atoms with Crippen LogP contribution in [0.2, 0.25) is 0 Å². The zero-order valence-corrected chi connectivity index (χ0v) is 17.6. The molecular formula is C16H23NaO7S. The molecule has 0 saturated carbocycles. The van der Waals surface area contributed by atoms with Gasteiger partial charge >= 0.3 is 41.5 Å². The average Bonchev–Trinajstić information content (AvgIpc) is 2.53. The Kier molecular flexibility index (Phi) is 11.2. The summed E-state index contributed by atoms with van der Waals surface area (Å²) in [6, 6.07) is 3.31. The molecule has 0 spiro atoms. The van der Waals surface area contributed by atoms with E-state index in [4.69, 9.17) is 9.47 Å². The van der Waals surface area contributed by atoms with E-state index in [0.717, 1.165) is 25.0 Å². The molecule has 0 bridgehead atoms. The summed E-state index contributed by atoms with van der Waals surface area (Å²) < 4.78 is 42.3. The molecular weight excluding hydrogens is 359 g/mol. The molecule has 1 rings (SSSR count). The van der Waals surface area contributed by atoms with Crippen LogP contribution in [-0.4, -0.2) is 38.1 Å². The number of benzene rings is 1. The van der Waals surface area contributed by atoms with Crippen molar-refractivity contribution < 1.29 is 63.0 Å². The minimum atomic E-state index is -4.70. The van der Waals surface area contributed by atoms with Gasteiger partial charge in [-0.3, -0.25) is 4.55 Å². The van der Waals surface area contributed by atoms with Gasteiger partial charge in [0, 0.05) is 0 Å². The molecule has 0 unspecified atom stereocenters. The van der Waals surface area contributed by atoms with Crippen LogP contribution in [0.25, 0.3) is 0 Å². The summed E-state index contributed by atoms with van der Waals surface area (Å²) in [5.41, 5.74) is -0.387. The van der Waals surface area contributed by atoms with Crippen molar-refractivity contribution >= 4 is 22.1 Å². The molecule has 7 nitrogen and oxygen atoms in total. The molecule has 1 aromatic rings. The Hall–Kier alpha value is -0.930. The number of ether oxygens (including phenoxy) is 2. The Balaban J connectivity index is 0. The van der Waals surface area contributed by atoms with Gasteiger partial charge in [-0.05, 0) is 31.0 Å². The van der Waals surface area contributed by atoms with E-state index in [9.17, 15) is 22.6 Å². The van der Waals surface area contributed by atoms with E-state index in [-0.39, 0.29) is 55.3 Å². The fourth-order valence-corrected chi connectivity index (χ4v) is 2.52. The molecule has 0 atom stereocenters. The van der Waals surface area contributed by atoms with Crippen LogP contribution in [-0.2, 0) is 19.6 Å². The van der Waals surface area contributed by atoms with Crippen molar-refractivity contribution in [3.05, 3.63) is 29.3 Å². The fraction of sp³-hybridized carbons (Fsp3) is 0.500. The smallest absolute Gasteiger partial charge is 1.00 e. The molecule has 0 saturated heterocycles. The van der Waals surface area contributed by atoms with Crippen LogP contribution >= 0.6 is 0 Å². The fourth-order valence-electron chi connectivity index (χ4n) is 1.81. The van der Waals surface area contributed by atoms with Gasteiger partial charge in [-0.1, -0.05) is 26.7 Å². The quantitative estimate of drug-likeness (QED) is 0.276. The van der Waals surface area contributed by atoms with Crippen molar-refractivity contribution in [2.24, 2.45) is 0 Å². The monoisotopic (exact) mass is 382 g/mol. The molecule has 9 heteroatoms. The maximum Gasteiger partial charge on any atom is 1.00 e. The predicted octanol–water partition coefficient (Wildman–Crippen LogP) is -0.0364. The third-order valence-electron chi connectivity index (χ3n) is 3.18. The third-order valence-corrected chi connectivity index (χ3v) is 4.07. The molecule has 136 valence electrons. The Labute approximate surface area is 171 Å². The molecule has 0 aliphatic heterocycles. The summed E-state index contributed by atoms with van der Waals surface area (Å²) in [6.45, 7) is 4.19. The van der Waals surface area contributed by atoms with Crippen molar-refractivity contribution in [3.63, 3.8) is 0 Å². The molecule has 25 heavy (non-hydrogen) atoms. The second kappa shape index (κ2) is 11.6. The second-order valence-electron chi connectivity index (χ2n) is 5.16. The topological polar surface area (TPSA) is 107 Å². The van der Waals surface area contributed by atoms with Gasteiger partial charge in [0.1, 0.15) is 4.90 Å². The summed E-state index contributed by atoms with van der Waals surface area (Å²) in [6.07, 6.45) is 2.96. The molecule has 0 fully saturated rings. The normalized spacial score (nSPS) is 10.7. The van der Waals surface area contributed by atoms with Crippen molar-refractivity contribution in [1.29, 1.82) is 0 Å². The number of carbonyl (C=O) groups excluding carboxylic acids is 2. The summed E-state index contributed by atoms with van der Waals surface area (Å²) in [7, 11) is -4.70. The van der Waals surface area contributed by atoms with E-state index < -0.39 is 27.0 Å². The second-order valence-corrected chi connectivity index (χ2v) is 6.55. The van der Waals surface area contributed by atoms with Crippen molar-refractivity contribution in [3.8, 4) is 0 Å². The number of carbonyl (C=O) groups is 2. The number of esters is 2. The summed E-state index contributed by atoms with van der Waals surface area (Å²) >= 11 is 0. The Morgan fingerprint density at radius 2 is 1.56 bits per heavy atom. The minimum absolute atomic E-state index is 0. The van der Waals surface area contributed by atoms with Gasteiger partial charge in [0.25, 0.3) is 10.1 Å². The van der Waals surface area contributed by atoms with Gasteiger partial charge in [0.2, 0.25) is 0 Å². The predicted molar refractivity (Wildman–Crippen MR) is 87.7 cm³/mol. The maximum absolute atomic E-state index is 12.0. The van der Waals surface area contributed by atoms with Crippen LogP contribution in [0, 0.1) is 0 Å². The summed E-state index contributed by atoms with van der Waals surface area (Å²) in [5.74, 6) is -1.60. The van der Waals surface area contributed by atoms with Crippen molar-refractivity contribution in [2.45, 2.75) is 44.4 Å². The van der Waals surface area contributed by atoms with Crippen LogP contribution in [0.4, 0.5) is 0 Å². The molecule has 0 aromatic heterocycles. The molecule has 0 radical (unpaired) electrons. The van der Waals surface area contributed by atoms with E-state index in [1.54, 1.807) is 0 Å². The van der Waals surface area contributed by atoms with Gasteiger partial charge in [-0.15, -0.1) is 0 Å². The molecule has 1 N–H and O–H groups in total. The molecule has 0 heterocycles. The van der Waals surface area contributed by atoms with Gasteiger partial charge in [0.15, 0.2) is 0 Å². The molecule has 0 aliphatic rings. The standard InChI is InChI=1S/C16H22O7S.Na.H/c1-3-5-9-22-15(17)12-7-8-13(14(11-12)24(19,20)21)16(18)23-10-6-4-2;;/h7-8,11H,3-6,9-10H2,1-2H3,(H,19,20,21);;/q;+1;-1. The van der Waals surface area contributed by atoms with Crippen LogP contribution in [0.3, 0.4) is 0 Å². The minimum Gasteiger partial charge on any atom is -1.00 e. The number of unbranched alkanes of at least 4 members (excludes halogenated alkanes) is 2. The number of hydrogen-bond acceptors (Lipinski definition) is 6. The molecule has 0 amide bonds. The first-order chi connectivity index (χ1) is 11.3. The first-order valence-electron chi connectivity index (χ1n) is 7.77. The van der Waals surface area contributed by atoms with E-state index in [0.29, 0.717) is 12.8 Å². The van der Waals surface area contributed by atoms with Crippen LogP contribution < -0.4 is 29.6 Å². The summed E-state index contributed by atoms with van der Waals surface area (Å²) in [5, 5.41) is 0. The van der Waals surface area contributed by atoms with Gasteiger partial charge in [-0.2, -0.15) is 8.42 Å². The SMILES string of the molecule is CCCCOC(=O)c1ccc(C(=O)OCCCC)c(S(=O)(=O)O)c1.[H-].[Na+]. The largest absolute Gasteiger partial charge is 1.00 e. The van der Waals surface area contributed by atoms with Gasteiger partial charge < -0.3 is 10.9 Å². The third kappa shape index (κ3) is 7.87. The first kappa shape index (κ1) is 24.1.